The van der Waals surface area contributed by atoms with E-state index in [0.717, 1.165) is 40.8 Å². The van der Waals surface area contributed by atoms with E-state index in [2.05, 4.69) is 20.4 Å². The van der Waals surface area contributed by atoms with Crippen LogP contribution in [-0.2, 0) is 6.42 Å². The maximum Gasteiger partial charge on any atom is 0.144 e. The van der Waals surface area contributed by atoms with Crippen molar-refractivity contribution in [2.24, 2.45) is 0 Å². The molecule has 1 aromatic heterocycles. The van der Waals surface area contributed by atoms with E-state index in [1.165, 1.54) is 32.1 Å². The van der Waals surface area contributed by atoms with Crippen LogP contribution in [0.25, 0.3) is 10.9 Å². The summed E-state index contributed by atoms with van der Waals surface area (Å²) in [4.78, 5) is 4.83. The summed E-state index contributed by atoms with van der Waals surface area (Å²) in [5.74, 6) is 0.851. The molecule has 0 radical (unpaired) electrons. The lowest BCUT2D eigenvalue weighted by Gasteiger charge is -2.15. The summed E-state index contributed by atoms with van der Waals surface area (Å²) in [6, 6.07) is 8.00. The maximum atomic E-state index is 9.36. The number of hydrogen-bond acceptors (Lipinski definition) is 3. The zero-order chi connectivity index (χ0) is 17.4. The molecule has 0 aliphatic heterocycles. The summed E-state index contributed by atoms with van der Waals surface area (Å²) in [5, 5.41) is 10.3. The molecule has 2 rings (SSSR count). The molecule has 0 fully saturated rings. The Labute approximate surface area is 145 Å². The minimum absolute atomic E-state index is 0.0350. The van der Waals surface area contributed by atoms with Crippen LogP contribution in [0.5, 0.6) is 5.75 Å². The number of ether oxygens (including phenoxy) is 1. The van der Waals surface area contributed by atoms with Crippen molar-refractivity contribution in [1.29, 1.82) is 0 Å². The first-order chi connectivity index (χ1) is 11.6. The first-order valence-corrected chi connectivity index (χ1v) is 9.01. The van der Waals surface area contributed by atoms with E-state index in [1.54, 1.807) is 0 Å². The third-order valence-electron chi connectivity index (χ3n) is 4.33. The Bertz CT molecular complexity index is 679. The van der Waals surface area contributed by atoms with Gasteiger partial charge in [0.05, 0.1) is 5.52 Å². The van der Waals surface area contributed by atoms with Gasteiger partial charge in [-0.1, -0.05) is 57.7 Å². The van der Waals surface area contributed by atoms with Gasteiger partial charge in [0.15, 0.2) is 0 Å². The van der Waals surface area contributed by atoms with Crippen LogP contribution in [0.4, 0.5) is 0 Å². The molecule has 0 spiro atoms. The van der Waals surface area contributed by atoms with Crippen LogP contribution in [0.1, 0.15) is 56.7 Å². The number of nitrogens with zero attached hydrogens (tertiary/aromatic N) is 1. The Morgan fingerprint density at radius 1 is 1.12 bits per heavy atom. The highest BCUT2D eigenvalue weighted by Crippen LogP contribution is 2.31. The molecule has 0 aliphatic rings. The zero-order valence-corrected chi connectivity index (χ0v) is 15.0. The van der Waals surface area contributed by atoms with Gasteiger partial charge in [-0.2, -0.15) is 0 Å². The van der Waals surface area contributed by atoms with Crippen molar-refractivity contribution >= 4 is 10.9 Å². The highest BCUT2D eigenvalue weighted by atomic mass is 16.5. The number of aliphatic hydroxyl groups excluding tert-OH is 1. The minimum Gasteiger partial charge on any atom is -0.509 e. The van der Waals surface area contributed by atoms with Crippen LogP contribution in [0.15, 0.2) is 36.6 Å². The van der Waals surface area contributed by atoms with E-state index < -0.39 is 0 Å². The summed E-state index contributed by atoms with van der Waals surface area (Å²) in [6.07, 6.45) is 8.61. The molecule has 0 saturated carbocycles. The number of pyridine rings is 1. The Hall–Kier alpha value is -2.03. The summed E-state index contributed by atoms with van der Waals surface area (Å²) < 4.78 is 5.82. The van der Waals surface area contributed by atoms with E-state index in [1.807, 2.05) is 24.3 Å². The van der Waals surface area contributed by atoms with E-state index in [4.69, 9.17) is 9.72 Å². The number of hydrogen-bond donors (Lipinski definition) is 1. The molecule has 2 aromatic rings. The average Bonchev–Trinajstić information content (AvgIpc) is 2.57. The molecule has 24 heavy (non-hydrogen) atoms. The molecule has 1 N–H and O–H groups in total. The van der Waals surface area contributed by atoms with Gasteiger partial charge in [0, 0.05) is 16.6 Å². The lowest BCUT2D eigenvalue weighted by molar-refractivity contribution is 0.273. The lowest BCUT2D eigenvalue weighted by Crippen LogP contribution is -2.05. The normalized spacial score (nSPS) is 10.9. The number of aromatic nitrogens is 1. The van der Waals surface area contributed by atoms with Crippen LogP contribution in [-0.4, -0.2) is 16.7 Å². The minimum atomic E-state index is 0.0350. The summed E-state index contributed by atoms with van der Waals surface area (Å²) in [5.41, 5.74) is 3.12. The van der Waals surface area contributed by atoms with Crippen LogP contribution in [0.3, 0.4) is 0 Å². The van der Waals surface area contributed by atoms with Crippen LogP contribution in [0, 0.1) is 6.92 Å². The van der Waals surface area contributed by atoms with Crippen molar-refractivity contribution in [2.75, 3.05) is 6.61 Å². The molecule has 1 heterocycles. The van der Waals surface area contributed by atoms with Gasteiger partial charge in [-0.3, -0.25) is 4.98 Å². The van der Waals surface area contributed by atoms with E-state index >= 15 is 0 Å². The number of rotatable bonds is 10. The fourth-order valence-electron chi connectivity index (χ4n) is 2.98. The Balaban J connectivity index is 2.14. The monoisotopic (exact) mass is 327 g/mol. The zero-order valence-electron chi connectivity index (χ0n) is 15.0. The molecule has 1 aromatic carbocycles. The van der Waals surface area contributed by atoms with Crippen molar-refractivity contribution < 1.29 is 9.84 Å². The van der Waals surface area contributed by atoms with Gasteiger partial charge in [-0.25, -0.2) is 0 Å². The second kappa shape index (κ2) is 9.31. The molecule has 0 aliphatic carbocycles. The second-order valence-corrected chi connectivity index (χ2v) is 6.40. The quantitative estimate of drug-likeness (QED) is 0.436. The molecule has 3 nitrogen and oxygen atoms in total. The molecule has 0 atom stereocenters. The molecular weight excluding hydrogens is 298 g/mol. The Morgan fingerprint density at radius 3 is 2.58 bits per heavy atom. The van der Waals surface area contributed by atoms with Gasteiger partial charge in [-0.15, -0.1) is 0 Å². The summed E-state index contributed by atoms with van der Waals surface area (Å²) >= 11 is 0. The van der Waals surface area contributed by atoms with Gasteiger partial charge in [0.1, 0.15) is 18.1 Å². The van der Waals surface area contributed by atoms with Gasteiger partial charge in [0.25, 0.3) is 0 Å². The number of unbranched alkanes of at least 4 members (excludes halogenated alkanes) is 5. The molecule has 130 valence electrons. The number of fused-ring (bicyclic) bond motifs is 1. The van der Waals surface area contributed by atoms with Crippen molar-refractivity contribution in [1.82, 2.24) is 4.98 Å². The average molecular weight is 327 g/mol. The first kappa shape index (κ1) is 18.3. The number of aryl methyl sites for hydroxylation is 1. The third-order valence-corrected chi connectivity index (χ3v) is 4.33. The highest BCUT2D eigenvalue weighted by Gasteiger charge is 2.13. The smallest absolute Gasteiger partial charge is 0.144 e. The number of aliphatic hydroxyl groups is 1. The van der Waals surface area contributed by atoms with Gasteiger partial charge >= 0.3 is 0 Å². The number of benzene rings is 1. The SMILES string of the molecule is C=C(O)COc1c(C)c(CCCCCCCC)nc2ccccc12. The predicted molar refractivity (Wildman–Crippen MR) is 101 cm³/mol. The van der Waals surface area contributed by atoms with Crippen molar-refractivity contribution in [3.8, 4) is 5.75 Å². The second-order valence-electron chi connectivity index (χ2n) is 6.40. The fraction of sp³-hybridized carbons (Fsp3) is 0.476. The van der Waals surface area contributed by atoms with Crippen LogP contribution >= 0.6 is 0 Å². The standard InChI is InChI=1S/C21H29NO2/c1-4-5-6-7-8-9-13-19-17(3)21(24-15-16(2)23)18-12-10-11-14-20(18)22-19/h10-12,14,23H,2,4-9,13,15H2,1,3H3. The largest absolute Gasteiger partial charge is 0.509 e. The van der Waals surface area contributed by atoms with Gasteiger partial charge < -0.3 is 9.84 Å². The molecular formula is C21H29NO2. The highest BCUT2D eigenvalue weighted by molar-refractivity contribution is 5.86. The molecule has 3 heteroatoms. The maximum absolute atomic E-state index is 9.36. The molecule has 0 bridgehead atoms. The predicted octanol–water partition coefficient (Wildman–Crippen LogP) is 5.90. The van der Waals surface area contributed by atoms with Crippen molar-refractivity contribution in [2.45, 2.75) is 58.8 Å². The van der Waals surface area contributed by atoms with Crippen molar-refractivity contribution in [3.05, 3.63) is 47.9 Å². The Morgan fingerprint density at radius 2 is 1.83 bits per heavy atom. The lowest BCUT2D eigenvalue weighted by atomic mass is 10.0. The summed E-state index contributed by atoms with van der Waals surface area (Å²) in [7, 11) is 0. The third kappa shape index (κ3) is 4.98. The van der Waals surface area contributed by atoms with E-state index in [9.17, 15) is 5.11 Å². The first-order valence-electron chi connectivity index (χ1n) is 9.01. The van der Waals surface area contributed by atoms with Gasteiger partial charge in [-0.05, 0) is 31.9 Å². The molecule has 0 saturated heterocycles. The van der Waals surface area contributed by atoms with Gasteiger partial charge in [0.2, 0.25) is 0 Å². The molecule has 0 amide bonds. The van der Waals surface area contributed by atoms with Crippen LogP contribution in [0.2, 0.25) is 0 Å². The summed E-state index contributed by atoms with van der Waals surface area (Å²) in [6.45, 7) is 7.92. The fourth-order valence-corrected chi connectivity index (χ4v) is 2.98. The van der Waals surface area contributed by atoms with E-state index in [-0.39, 0.29) is 12.4 Å². The molecule has 0 unspecified atom stereocenters. The van der Waals surface area contributed by atoms with Crippen molar-refractivity contribution in [3.63, 3.8) is 0 Å². The van der Waals surface area contributed by atoms with E-state index in [0.29, 0.717) is 0 Å². The topological polar surface area (TPSA) is 42.4 Å². The Kier molecular flexibility index (Phi) is 7.10. The van der Waals surface area contributed by atoms with Crippen LogP contribution < -0.4 is 4.74 Å². The number of para-hydroxylation sites is 1.